The number of nitrogens with one attached hydrogen (secondary N) is 1. The van der Waals surface area contributed by atoms with E-state index < -0.39 is 12.1 Å². The Morgan fingerprint density at radius 2 is 1.77 bits per heavy atom. The predicted molar refractivity (Wildman–Crippen MR) is 133 cm³/mol. The topological polar surface area (TPSA) is 99.2 Å². The van der Waals surface area contributed by atoms with Gasteiger partial charge in [-0.15, -0.1) is 0 Å². The number of nitrogens with zero attached hydrogens (tertiary/aromatic N) is 3. The van der Waals surface area contributed by atoms with Crippen LogP contribution >= 0.6 is 0 Å². The Morgan fingerprint density at radius 3 is 2.40 bits per heavy atom. The molecule has 2 atom stereocenters. The summed E-state index contributed by atoms with van der Waals surface area (Å²) in [5, 5.41) is 7.90. The third-order valence-electron chi connectivity index (χ3n) is 5.90. The summed E-state index contributed by atoms with van der Waals surface area (Å²) >= 11 is 0. The highest BCUT2D eigenvalue weighted by atomic mass is 16.5. The van der Waals surface area contributed by atoms with Crippen LogP contribution in [0.4, 0.5) is 0 Å². The largest absolute Gasteiger partial charge is 0.466 e. The number of rotatable bonds is 7. The molecule has 4 aromatic rings. The number of fused-ring (bicyclic) bond motifs is 1. The summed E-state index contributed by atoms with van der Waals surface area (Å²) in [7, 11) is 0. The molecule has 3 aromatic heterocycles. The number of benzene rings is 1. The highest BCUT2D eigenvalue weighted by molar-refractivity contribution is 6.04. The van der Waals surface area contributed by atoms with Gasteiger partial charge in [-0.2, -0.15) is 5.10 Å². The lowest BCUT2D eigenvalue weighted by atomic mass is 10.1. The lowest BCUT2D eigenvalue weighted by Crippen LogP contribution is -2.37. The Morgan fingerprint density at radius 1 is 1.06 bits per heavy atom. The first kappa shape index (κ1) is 24.2. The van der Waals surface area contributed by atoms with Crippen LogP contribution in [-0.4, -0.2) is 32.7 Å². The van der Waals surface area contributed by atoms with Crippen molar-refractivity contribution in [3.63, 3.8) is 0 Å². The van der Waals surface area contributed by atoms with E-state index >= 15 is 0 Å². The van der Waals surface area contributed by atoms with Crippen LogP contribution in [0.1, 0.15) is 67.2 Å². The van der Waals surface area contributed by atoms with Crippen LogP contribution < -0.4 is 5.32 Å². The van der Waals surface area contributed by atoms with Gasteiger partial charge in [0.05, 0.1) is 28.9 Å². The quantitative estimate of drug-likeness (QED) is 0.364. The lowest BCUT2D eigenvalue weighted by molar-refractivity contribution is -0.129. The maximum absolute atomic E-state index is 13.3. The number of hydrogen-bond donors (Lipinski definition) is 1. The Kier molecular flexibility index (Phi) is 6.73. The van der Waals surface area contributed by atoms with Crippen molar-refractivity contribution in [2.45, 2.75) is 59.7 Å². The number of furan rings is 1. The minimum Gasteiger partial charge on any atom is -0.466 e. The van der Waals surface area contributed by atoms with Gasteiger partial charge in [0.15, 0.2) is 11.8 Å². The Labute approximate surface area is 204 Å². The summed E-state index contributed by atoms with van der Waals surface area (Å²) < 4.78 is 13.0. The Hall–Kier alpha value is -3.94. The van der Waals surface area contributed by atoms with Gasteiger partial charge in [0.1, 0.15) is 11.5 Å². The van der Waals surface area contributed by atoms with Crippen molar-refractivity contribution in [2.24, 2.45) is 0 Å². The number of carbonyl (C=O) groups excluding carboxylic acids is 2. The van der Waals surface area contributed by atoms with Crippen molar-refractivity contribution in [1.29, 1.82) is 0 Å². The van der Waals surface area contributed by atoms with Gasteiger partial charge in [0, 0.05) is 11.6 Å². The van der Waals surface area contributed by atoms with Crippen molar-refractivity contribution >= 4 is 22.9 Å². The van der Waals surface area contributed by atoms with Crippen molar-refractivity contribution in [3.8, 4) is 11.3 Å². The minimum atomic E-state index is -0.988. The number of carbonyl (C=O) groups is 2. The van der Waals surface area contributed by atoms with Gasteiger partial charge in [0.2, 0.25) is 0 Å². The number of amides is 1. The summed E-state index contributed by atoms with van der Waals surface area (Å²) in [5.41, 5.74) is 3.20. The molecule has 3 heterocycles. The van der Waals surface area contributed by atoms with E-state index in [0.29, 0.717) is 28.1 Å². The van der Waals surface area contributed by atoms with Crippen LogP contribution in [0.25, 0.3) is 22.3 Å². The van der Waals surface area contributed by atoms with Gasteiger partial charge >= 0.3 is 5.97 Å². The van der Waals surface area contributed by atoms with Crippen LogP contribution in [0.5, 0.6) is 0 Å². The molecule has 0 saturated carbocycles. The zero-order valence-corrected chi connectivity index (χ0v) is 20.8. The average molecular weight is 475 g/mol. The molecule has 182 valence electrons. The molecule has 0 bridgehead atoms. The van der Waals surface area contributed by atoms with Gasteiger partial charge in [-0.3, -0.25) is 4.79 Å². The van der Waals surface area contributed by atoms with Crippen molar-refractivity contribution in [2.75, 3.05) is 0 Å². The standard InChI is InChI=1S/C27H30N4O4/c1-15(2)31-25-23(14-28-31)22(13-24(30-25)21-12-16(3)34-18(21)5)27(33)35-19(6)26(32)29-17(4)20-10-8-7-9-11-20/h7-15,17,19H,1-6H3,(H,29,32). The SMILES string of the molecule is Cc1cc(-c2cc(C(=O)OC(C)C(=O)NC(C)c3ccccc3)c3cnn(C(C)C)c3n2)c(C)o1. The highest BCUT2D eigenvalue weighted by Gasteiger charge is 2.25. The molecule has 0 aliphatic carbocycles. The molecule has 1 aromatic carbocycles. The lowest BCUT2D eigenvalue weighted by Gasteiger charge is -2.18. The fourth-order valence-corrected chi connectivity index (χ4v) is 4.02. The van der Waals surface area contributed by atoms with Gasteiger partial charge in [-0.05, 0) is 59.2 Å². The van der Waals surface area contributed by atoms with Crippen LogP contribution in [0.3, 0.4) is 0 Å². The van der Waals surface area contributed by atoms with Crippen molar-refractivity contribution < 1.29 is 18.7 Å². The number of esters is 1. The molecule has 0 saturated heterocycles. The van der Waals surface area contributed by atoms with E-state index in [1.54, 1.807) is 23.9 Å². The third kappa shape index (κ3) is 4.96. The van der Waals surface area contributed by atoms with E-state index in [-0.39, 0.29) is 18.0 Å². The summed E-state index contributed by atoms with van der Waals surface area (Å²) in [6, 6.07) is 13.0. The van der Waals surface area contributed by atoms with E-state index in [1.165, 1.54) is 0 Å². The van der Waals surface area contributed by atoms with Gasteiger partial charge in [0.25, 0.3) is 5.91 Å². The fraction of sp³-hybridized carbons (Fsp3) is 0.333. The molecular weight excluding hydrogens is 444 g/mol. The summed E-state index contributed by atoms with van der Waals surface area (Å²) in [6.07, 6.45) is 0.622. The van der Waals surface area contributed by atoms with Crippen LogP contribution in [-0.2, 0) is 9.53 Å². The first-order valence-electron chi connectivity index (χ1n) is 11.7. The predicted octanol–water partition coefficient (Wildman–Crippen LogP) is 5.31. The van der Waals surface area contributed by atoms with E-state index in [1.807, 2.05) is 71.0 Å². The maximum Gasteiger partial charge on any atom is 0.339 e. The van der Waals surface area contributed by atoms with E-state index in [9.17, 15) is 9.59 Å². The minimum absolute atomic E-state index is 0.0375. The third-order valence-corrected chi connectivity index (χ3v) is 5.90. The van der Waals surface area contributed by atoms with E-state index in [4.69, 9.17) is 14.1 Å². The number of aryl methyl sites for hydroxylation is 2. The molecule has 8 nitrogen and oxygen atoms in total. The van der Waals surface area contributed by atoms with Crippen LogP contribution in [0.15, 0.2) is 53.1 Å². The zero-order valence-electron chi connectivity index (χ0n) is 20.8. The van der Waals surface area contributed by atoms with E-state index in [2.05, 4.69) is 10.4 Å². The summed E-state index contributed by atoms with van der Waals surface area (Å²) in [5.74, 6) is 0.458. The Balaban J connectivity index is 1.63. The monoisotopic (exact) mass is 474 g/mol. The number of hydrogen-bond acceptors (Lipinski definition) is 6. The van der Waals surface area contributed by atoms with Crippen LogP contribution in [0.2, 0.25) is 0 Å². The zero-order chi connectivity index (χ0) is 25.3. The number of pyridine rings is 1. The molecule has 2 unspecified atom stereocenters. The summed E-state index contributed by atoms with van der Waals surface area (Å²) in [4.78, 5) is 30.8. The average Bonchev–Trinajstić information content (AvgIpc) is 3.41. The van der Waals surface area contributed by atoms with Crippen LogP contribution in [0, 0.1) is 13.8 Å². The second kappa shape index (κ2) is 9.74. The molecule has 8 heteroatoms. The molecule has 0 radical (unpaired) electrons. The van der Waals surface area contributed by atoms with Gasteiger partial charge < -0.3 is 14.5 Å². The number of aromatic nitrogens is 3. The second-order valence-electron chi connectivity index (χ2n) is 8.99. The number of ether oxygens (including phenoxy) is 1. The fourth-order valence-electron chi connectivity index (χ4n) is 4.02. The first-order chi connectivity index (χ1) is 16.7. The maximum atomic E-state index is 13.3. The highest BCUT2D eigenvalue weighted by Crippen LogP contribution is 2.30. The van der Waals surface area contributed by atoms with Crippen molar-refractivity contribution in [3.05, 3.63) is 71.3 Å². The van der Waals surface area contributed by atoms with Gasteiger partial charge in [-0.25, -0.2) is 14.5 Å². The van der Waals surface area contributed by atoms with Crippen molar-refractivity contribution in [1.82, 2.24) is 20.1 Å². The molecule has 0 aliphatic heterocycles. The normalized spacial score (nSPS) is 13.1. The molecule has 1 amide bonds. The molecular formula is C27H30N4O4. The summed E-state index contributed by atoms with van der Waals surface area (Å²) in [6.45, 7) is 11.1. The molecule has 0 fully saturated rings. The molecule has 0 spiro atoms. The molecule has 35 heavy (non-hydrogen) atoms. The molecule has 4 rings (SSSR count). The van der Waals surface area contributed by atoms with Gasteiger partial charge in [-0.1, -0.05) is 30.3 Å². The molecule has 0 aliphatic rings. The van der Waals surface area contributed by atoms with E-state index in [0.717, 1.165) is 16.9 Å². The second-order valence-corrected chi connectivity index (χ2v) is 8.99. The molecule has 1 N–H and O–H groups in total. The smallest absolute Gasteiger partial charge is 0.339 e. The first-order valence-corrected chi connectivity index (χ1v) is 11.7. The Bertz CT molecular complexity index is 1370.